The first kappa shape index (κ1) is 16.4. The Kier molecular flexibility index (Phi) is 8.59. The van der Waals surface area contributed by atoms with Crippen LogP contribution in [0.1, 0.15) is 33.3 Å². The fourth-order valence-electron chi connectivity index (χ4n) is 1.23. The lowest BCUT2D eigenvalue weighted by molar-refractivity contribution is 0.0786. The first-order valence-electron chi connectivity index (χ1n) is 6.38. The maximum Gasteiger partial charge on any atom is 0.0840 e. The molecule has 2 rings (SSSR count). The molecule has 1 heteroatoms. The van der Waals surface area contributed by atoms with Gasteiger partial charge in [0.15, 0.2) is 0 Å². The lowest BCUT2D eigenvalue weighted by Gasteiger charge is -2.16. The minimum atomic E-state index is -0.707. The maximum atomic E-state index is 9.49. The highest BCUT2D eigenvalue weighted by atomic mass is 16.3. The fourth-order valence-corrected chi connectivity index (χ4v) is 1.23. The van der Waals surface area contributed by atoms with Gasteiger partial charge in [-0.25, -0.2) is 0 Å². The summed E-state index contributed by atoms with van der Waals surface area (Å²) in [5, 5.41) is 9.49. The van der Waals surface area contributed by atoms with E-state index in [9.17, 15) is 5.11 Å². The Morgan fingerprint density at radius 1 is 0.667 bits per heavy atom. The van der Waals surface area contributed by atoms with Gasteiger partial charge >= 0.3 is 0 Å². The van der Waals surface area contributed by atoms with Crippen LogP contribution in [0.15, 0.2) is 66.7 Å². The predicted octanol–water partition coefficient (Wildman–Crippen LogP) is 4.63. The first-order valence-corrected chi connectivity index (χ1v) is 6.38. The van der Waals surface area contributed by atoms with Gasteiger partial charge < -0.3 is 5.11 Å². The van der Waals surface area contributed by atoms with Crippen LogP contribution >= 0.6 is 0 Å². The molecule has 0 bridgehead atoms. The van der Waals surface area contributed by atoms with Crippen molar-refractivity contribution >= 4 is 0 Å². The van der Waals surface area contributed by atoms with Crippen LogP contribution in [0, 0.1) is 0 Å². The molecule has 0 aliphatic rings. The van der Waals surface area contributed by atoms with Crippen LogP contribution in [0.3, 0.4) is 0 Å². The number of hydrogen-bond acceptors (Lipinski definition) is 1. The predicted molar refractivity (Wildman–Crippen MR) is 79.5 cm³/mol. The van der Waals surface area contributed by atoms with Gasteiger partial charge in [-0.15, -0.1) is 0 Å². The third kappa shape index (κ3) is 7.64. The van der Waals surface area contributed by atoms with E-state index in [-0.39, 0.29) is 0 Å². The summed E-state index contributed by atoms with van der Waals surface area (Å²) in [5.41, 5.74) is 0.247. The van der Waals surface area contributed by atoms with Crippen molar-refractivity contribution in [1.29, 1.82) is 0 Å². The Bertz CT molecular complexity index is 347. The molecule has 1 nitrogen and oxygen atoms in total. The molecule has 0 heterocycles. The van der Waals surface area contributed by atoms with Gasteiger partial charge in [-0.2, -0.15) is 0 Å². The highest BCUT2D eigenvalue weighted by Gasteiger charge is 2.13. The van der Waals surface area contributed by atoms with E-state index in [1.165, 1.54) is 0 Å². The highest BCUT2D eigenvalue weighted by Crippen LogP contribution is 2.17. The van der Waals surface area contributed by atoms with Gasteiger partial charge in [-0.05, 0) is 19.4 Å². The zero-order valence-electron chi connectivity index (χ0n) is 11.8. The summed E-state index contributed by atoms with van der Waals surface area (Å²) in [6.07, 6.45) is 0. The van der Waals surface area contributed by atoms with Crippen molar-refractivity contribution in [3.63, 3.8) is 0 Å². The molecular formula is C17H24O. The summed E-state index contributed by atoms with van der Waals surface area (Å²) in [7, 11) is 0. The van der Waals surface area contributed by atoms with Gasteiger partial charge in [0.25, 0.3) is 0 Å². The molecule has 0 amide bonds. The Balaban J connectivity index is 0.000000308. The largest absolute Gasteiger partial charge is 0.386 e. The zero-order chi connectivity index (χ0) is 13.9. The van der Waals surface area contributed by atoms with E-state index < -0.39 is 5.60 Å². The smallest absolute Gasteiger partial charge is 0.0840 e. The van der Waals surface area contributed by atoms with Gasteiger partial charge in [0.2, 0.25) is 0 Å². The third-order valence-corrected chi connectivity index (χ3v) is 2.15. The molecule has 0 saturated heterocycles. The molecule has 0 aromatic heterocycles. The molecule has 0 aliphatic heterocycles. The first-order chi connectivity index (χ1) is 8.61. The van der Waals surface area contributed by atoms with E-state index in [1.807, 2.05) is 80.6 Å². The minimum absolute atomic E-state index is 0.707. The van der Waals surface area contributed by atoms with Gasteiger partial charge in [-0.1, -0.05) is 80.6 Å². The van der Waals surface area contributed by atoms with Crippen LogP contribution in [0.4, 0.5) is 0 Å². The van der Waals surface area contributed by atoms with Crippen molar-refractivity contribution in [1.82, 2.24) is 0 Å². The van der Waals surface area contributed by atoms with E-state index >= 15 is 0 Å². The standard InChI is InChI=1S/C9H12O.C6H6.C2H6/c1-9(2,10)8-6-4-3-5-7-8;1-2-4-6-5-3-1;1-2/h3-7,10H,1-2H3;1-6H;1-2H3. The number of aliphatic hydroxyl groups is 1. The molecule has 0 radical (unpaired) electrons. The summed E-state index contributed by atoms with van der Waals surface area (Å²) in [6, 6.07) is 21.6. The molecule has 0 unspecified atom stereocenters. The molecule has 2 aromatic carbocycles. The fraction of sp³-hybridized carbons (Fsp3) is 0.294. The Morgan fingerprint density at radius 3 is 1.17 bits per heavy atom. The van der Waals surface area contributed by atoms with Crippen molar-refractivity contribution in [3.8, 4) is 0 Å². The van der Waals surface area contributed by atoms with Crippen LogP contribution < -0.4 is 0 Å². The highest BCUT2D eigenvalue weighted by molar-refractivity contribution is 5.20. The number of hydrogen-bond donors (Lipinski definition) is 1. The average molecular weight is 244 g/mol. The summed E-state index contributed by atoms with van der Waals surface area (Å²) in [5.74, 6) is 0. The molecule has 0 saturated carbocycles. The van der Waals surface area contributed by atoms with Crippen molar-refractivity contribution in [2.45, 2.75) is 33.3 Å². The Morgan fingerprint density at radius 2 is 0.944 bits per heavy atom. The zero-order valence-corrected chi connectivity index (χ0v) is 11.8. The van der Waals surface area contributed by atoms with Crippen molar-refractivity contribution < 1.29 is 5.11 Å². The van der Waals surface area contributed by atoms with Crippen LogP contribution in [0.25, 0.3) is 0 Å². The lowest BCUT2D eigenvalue weighted by Crippen LogP contribution is -2.14. The Labute approximate surface area is 111 Å². The molecule has 0 atom stereocenters. The van der Waals surface area contributed by atoms with Gasteiger partial charge in [0.05, 0.1) is 5.60 Å². The summed E-state index contributed by atoms with van der Waals surface area (Å²) in [6.45, 7) is 7.56. The van der Waals surface area contributed by atoms with Crippen LogP contribution in [-0.4, -0.2) is 5.11 Å². The van der Waals surface area contributed by atoms with Crippen molar-refractivity contribution in [3.05, 3.63) is 72.3 Å². The SMILES string of the molecule is CC.CC(C)(O)c1ccccc1.c1ccccc1. The summed E-state index contributed by atoms with van der Waals surface area (Å²) < 4.78 is 0. The summed E-state index contributed by atoms with van der Waals surface area (Å²) >= 11 is 0. The number of rotatable bonds is 1. The second kappa shape index (κ2) is 9.43. The quantitative estimate of drug-likeness (QED) is 0.775. The lowest BCUT2D eigenvalue weighted by atomic mass is 9.99. The molecule has 18 heavy (non-hydrogen) atoms. The monoisotopic (exact) mass is 244 g/mol. The molecule has 0 fully saturated rings. The molecule has 2 aromatic rings. The topological polar surface area (TPSA) is 20.2 Å². The van der Waals surface area contributed by atoms with E-state index in [2.05, 4.69) is 0 Å². The van der Waals surface area contributed by atoms with Gasteiger partial charge in [0.1, 0.15) is 0 Å². The molecule has 98 valence electrons. The second-order valence-corrected chi connectivity index (χ2v) is 4.08. The van der Waals surface area contributed by atoms with E-state index in [4.69, 9.17) is 0 Å². The van der Waals surface area contributed by atoms with Crippen molar-refractivity contribution in [2.75, 3.05) is 0 Å². The Hall–Kier alpha value is -1.60. The molecule has 0 aliphatic carbocycles. The van der Waals surface area contributed by atoms with Gasteiger partial charge in [0, 0.05) is 0 Å². The maximum absolute atomic E-state index is 9.49. The second-order valence-electron chi connectivity index (χ2n) is 4.08. The normalized spacial score (nSPS) is 9.39. The molecule has 1 N–H and O–H groups in total. The summed E-state index contributed by atoms with van der Waals surface area (Å²) in [4.78, 5) is 0. The number of benzene rings is 2. The van der Waals surface area contributed by atoms with E-state index in [1.54, 1.807) is 13.8 Å². The van der Waals surface area contributed by atoms with Crippen molar-refractivity contribution in [2.24, 2.45) is 0 Å². The minimum Gasteiger partial charge on any atom is -0.386 e. The van der Waals surface area contributed by atoms with Crippen LogP contribution in [0.2, 0.25) is 0 Å². The van der Waals surface area contributed by atoms with E-state index in [0.29, 0.717) is 0 Å². The van der Waals surface area contributed by atoms with E-state index in [0.717, 1.165) is 5.56 Å². The molecule has 0 spiro atoms. The van der Waals surface area contributed by atoms with Crippen LogP contribution in [-0.2, 0) is 5.60 Å². The van der Waals surface area contributed by atoms with Crippen LogP contribution in [0.5, 0.6) is 0 Å². The van der Waals surface area contributed by atoms with Gasteiger partial charge in [-0.3, -0.25) is 0 Å². The average Bonchev–Trinajstić information content (AvgIpc) is 2.44. The molecular weight excluding hydrogens is 220 g/mol. The third-order valence-electron chi connectivity index (χ3n) is 2.15.